The van der Waals surface area contributed by atoms with Gasteiger partial charge in [0.1, 0.15) is 10.6 Å². The van der Waals surface area contributed by atoms with Crippen molar-refractivity contribution >= 4 is 52.8 Å². The van der Waals surface area contributed by atoms with E-state index in [0.29, 0.717) is 21.1 Å². The van der Waals surface area contributed by atoms with Crippen LogP contribution in [-0.4, -0.2) is 47.9 Å². The highest BCUT2D eigenvalue weighted by Gasteiger charge is 2.28. The van der Waals surface area contributed by atoms with Gasteiger partial charge in [-0.3, -0.25) is 5.73 Å². The molecule has 0 radical (unpaired) electrons. The van der Waals surface area contributed by atoms with E-state index in [2.05, 4.69) is 36.1 Å². The molecule has 0 spiro atoms. The lowest BCUT2D eigenvalue weighted by Crippen LogP contribution is -2.57. The molecule has 0 aliphatic heterocycles. The summed E-state index contributed by atoms with van der Waals surface area (Å²) in [5, 5.41) is 0.313. The number of rotatable bonds is 9. The first-order valence-electron chi connectivity index (χ1n) is 8.86. The van der Waals surface area contributed by atoms with Gasteiger partial charge in [0.2, 0.25) is 20.0 Å². The van der Waals surface area contributed by atoms with Crippen LogP contribution in [0.3, 0.4) is 0 Å². The molecular weight excluding hydrogens is 512 g/mol. The van der Waals surface area contributed by atoms with E-state index < -0.39 is 26.0 Å². The number of aromatic amines is 1. The molecule has 13 heteroatoms. The monoisotopic (exact) mass is 531 g/mol. The summed E-state index contributed by atoms with van der Waals surface area (Å²) < 4.78 is 60.7. The smallest absolute Gasteiger partial charge is 0.358 e. The van der Waals surface area contributed by atoms with Crippen molar-refractivity contribution in [2.45, 2.75) is 9.79 Å². The number of H-pyrrole nitrogens is 1. The van der Waals surface area contributed by atoms with Crippen LogP contribution in [0.15, 0.2) is 56.7 Å². The second kappa shape index (κ2) is 9.06. The standard InChI is InChI=1S/C18H19BrN4O6S2/c1-29-12-3-5-13(6-4-12)30(25,26)21-8-9-22-31(27,28)17-14-10-11(19)2-7-15(14)23-16(17)18(20)24/h2-7,10,21-23H,8-9H2,1H3,(H2,20,24)/p+1. The third kappa shape index (κ3) is 5.14. The lowest BCUT2D eigenvalue weighted by Gasteiger charge is -2.09. The first kappa shape index (κ1) is 23.4. The number of aromatic nitrogens is 1. The van der Waals surface area contributed by atoms with Gasteiger partial charge in [-0.2, -0.15) is 0 Å². The van der Waals surface area contributed by atoms with Gasteiger partial charge in [-0.05, 0) is 42.5 Å². The number of carbonyl (C=O) groups is 1. The summed E-state index contributed by atoms with van der Waals surface area (Å²) in [6.07, 6.45) is 0. The summed E-state index contributed by atoms with van der Waals surface area (Å²) in [4.78, 5) is 14.4. The Kier molecular flexibility index (Phi) is 6.83. The molecule has 0 atom stereocenters. The van der Waals surface area contributed by atoms with Gasteiger partial charge >= 0.3 is 5.91 Å². The number of hydrogen-bond acceptors (Lipinski definition) is 6. The highest BCUT2D eigenvalue weighted by molar-refractivity contribution is 9.10. The molecule has 1 amide bonds. The van der Waals surface area contributed by atoms with Gasteiger partial charge in [0.15, 0.2) is 5.69 Å². The van der Waals surface area contributed by atoms with Crippen molar-refractivity contribution in [1.82, 2.24) is 14.4 Å². The highest BCUT2D eigenvalue weighted by atomic mass is 79.9. The maximum absolute atomic E-state index is 12.9. The molecule has 3 aromatic rings. The molecule has 2 aromatic carbocycles. The molecule has 0 bridgehead atoms. The zero-order valence-corrected chi connectivity index (χ0v) is 19.5. The van der Waals surface area contributed by atoms with E-state index in [1.165, 1.54) is 31.4 Å². The average Bonchev–Trinajstić information content (AvgIpc) is 3.11. The number of quaternary nitrogens is 1. The van der Waals surface area contributed by atoms with E-state index in [-0.39, 0.29) is 28.6 Å². The van der Waals surface area contributed by atoms with Crippen LogP contribution in [0.5, 0.6) is 5.75 Å². The van der Waals surface area contributed by atoms with Gasteiger partial charge in [-0.1, -0.05) is 15.9 Å². The Morgan fingerprint density at radius 1 is 1.03 bits per heavy atom. The molecule has 0 fully saturated rings. The van der Waals surface area contributed by atoms with Crippen molar-refractivity contribution in [3.05, 3.63) is 52.6 Å². The molecule has 0 saturated carbocycles. The van der Waals surface area contributed by atoms with Crippen LogP contribution in [-0.2, 0) is 20.0 Å². The van der Waals surface area contributed by atoms with Gasteiger partial charge in [-0.15, -0.1) is 0 Å². The topological polar surface area (TPSA) is 162 Å². The number of sulfonamides is 2. The lowest BCUT2D eigenvalue weighted by molar-refractivity contribution is -0.255. The largest absolute Gasteiger partial charge is 0.497 e. The molecule has 3 rings (SSSR count). The average molecular weight is 532 g/mol. The minimum absolute atomic E-state index is 0.0163. The van der Waals surface area contributed by atoms with Crippen molar-refractivity contribution in [3.8, 4) is 5.75 Å². The Balaban J connectivity index is 1.75. The lowest BCUT2D eigenvalue weighted by atomic mass is 10.2. The van der Waals surface area contributed by atoms with Crippen molar-refractivity contribution in [3.63, 3.8) is 0 Å². The highest BCUT2D eigenvalue weighted by Crippen LogP contribution is 2.29. The first-order valence-corrected chi connectivity index (χ1v) is 12.6. The Bertz CT molecular complexity index is 1340. The molecule has 6 N–H and O–H groups in total. The molecule has 0 unspecified atom stereocenters. The second-order valence-corrected chi connectivity index (χ2v) is 10.8. The zero-order valence-electron chi connectivity index (χ0n) is 16.3. The summed E-state index contributed by atoms with van der Waals surface area (Å²) in [5.41, 5.74) is 3.60. The van der Waals surface area contributed by atoms with E-state index >= 15 is 0 Å². The summed E-state index contributed by atoms with van der Waals surface area (Å²) in [5.74, 6) is -0.180. The van der Waals surface area contributed by atoms with Crippen molar-refractivity contribution in [2.75, 3.05) is 20.2 Å². The van der Waals surface area contributed by atoms with Gasteiger partial charge in [0.05, 0.1) is 12.0 Å². The maximum Gasteiger partial charge on any atom is 0.358 e. The number of hydrogen-bond donors (Lipinski definition) is 4. The molecule has 1 aromatic heterocycles. The summed E-state index contributed by atoms with van der Waals surface area (Å²) in [6, 6.07) is 10.7. The van der Waals surface area contributed by atoms with Gasteiger partial charge in [-0.25, -0.2) is 31.1 Å². The van der Waals surface area contributed by atoms with Crippen molar-refractivity contribution in [2.24, 2.45) is 0 Å². The molecule has 10 nitrogen and oxygen atoms in total. The van der Waals surface area contributed by atoms with Gasteiger partial charge in [0.25, 0.3) is 0 Å². The molecule has 0 aliphatic carbocycles. The molecule has 166 valence electrons. The number of amides is 1. The number of carbonyl (C=O) groups excluding carboxylic acids is 1. The molecule has 1 heterocycles. The van der Waals surface area contributed by atoms with Crippen LogP contribution in [0.2, 0.25) is 0 Å². The number of halogens is 1. The fourth-order valence-corrected chi connectivity index (χ4v) is 5.70. The minimum Gasteiger partial charge on any atom is -0.497 e. The molecular formula is C18H20BrN4O6S2+. The van der Waals surface area contributed by atoms with E-state index in [0.717, 1.165) is 0 Å². The van der Waals surface area contributed by atoms with E-state index in [1.54, 1.807) is 18.2 Å². The Morgan fingerprint density at radius 3 is 2.23 bits per heavy atom. The summed E-state index contributed by atoms with van der Waals surface area (Å²) >= 11 is 3.28. The molecule has 0 saturated heterocycles. The number of methoxy groups -OCH3 is 1. The molecule has 0 aliphatic rings. The van der Waals surface area contributed by atoms with Gasteiger partial charge < -0.3 is 9.72 Å². The van der Waals surface area contributed by atoms with Crippen LogP contribution in [0, 0.1) is 0 Å². The Hall–Kier alpha value is -2.29. The van der Waals surface area contributed by atoms with Crippen LogP contribution < -0.4 is 19.9 Å². The quantitative estimate of drug-likeness (QED) is 0.295. The number of ether oxygens (including phenoxy) is 1. The normalized spacial score (nSPS) is 12.2. The predicted octanol–water partition coefficient (Wildman–Crippen LogP) is 0.578. The van der Waals surface area contributed by atoms with Crippen molar-refractivity contribution < 1.29 is 32.1 Å². The second-order valence-electron chi connectivity index (χ2n) is 6.41. The van der Waals surface area contributed by atoms with Gasteiger partial charge in [0, 0.05) is 28.5 Å². The maximum atomic E-state index is 12.9. The minimum atomic E-state index is -4.14. The number of fused-ring (bicyclic) bond motifs is 1. The van der Waals surface area contributed by atoms with Crippen LogP contribution >= 0.6 is 15.9 Å². The third-order valence-electron chi connectivity index (χ3n) is 4.34. The van der Waals surface area contributed by atoms with E-state index in [4.69, 9.17) is 4.74 Å². The fraction of sp³-hybridized carbons (Fsp3) is 0.167. The van der Waals surface area contributed by atoms with Crippen LogP contribution in [0.1, 0.15) is 10.5 Å². The van der Waals surface area contributed by atoms with Crippen LogP contribution in [0.4, 0.5) is 0 Å². The summed E-state index contributed by atoms with van der Waals surface area (Å²) in [7, 11) is -6.51. The molecule has 31 heavy (non-hydrogen) atoms. The number of benzene rings is 2. The summed E-state index contributed by atoms with van der Waals surface area (Å²) in [6.45, 7) is -0.434. The fourth-order valence-electron chi connectivity index (χ4n) is 2.90. The zero-order chi connectivity index (χ0) is 22.8. The predicted molar refractivity (Wildman–Crippen MR) is 117 cm³/mol. The SMILES string of the molecule is COc1ccc(S(=O)(=O)NCCNS(=O)(=O)c2c(C([NH3+])=O)[nH]c3ccc(Br)cc23)cc1. The van der Waals surface area contributed by atoms with Crippen LogP contribution in [0.25, 0.3) is 10.9 Å². The Morgan fingerprint density at radius 2 is 1.65 bits per heavy atom. The third-order valence-corrected chi connectivity index (χ3v) is 7.86. The number of nitrogens with one attached hydrogen (secondary N) is 3. The van der Waals surface area contributed by atoms with E-state index in [9.17, 15) is 21.6 Å². The van der Waals surface area contributed by atoms with Crippen molar-refractivity contribution in [1.29, 1.82) is 0 Å². The Labute approximate surface area is 187 Å². The van der Waals surface area contributed by atoms with E-state index in [1.807, 2.05) is 0 Å². The first-order chi connectivity index (χ1) is 14.5.